The second-order valence-corrected chi connectivity index (χ2v) is 24.7. The van der Waals surface area contributed by atoms with Gasteiger partial charge >= 0.3 is 0 Å². The monoisotopic (exact) mass is 997 g/mol. The summed E-state index contributed by atoms with van der Waals surface area (Å²) >= 11 is 0. The van der Waals surface area contributed by atoms with Crippen molar-refractivity contribution in [3.05, 3.63) is 100 Å². The summed E-state index contributed by atoms with van der Waals surface area (Å²) < 4.78 is 15.7. The van der Waals surface area contributed by atoms with E-state index in [4.69, 9.17) is 15.2 Å². The molecule has 0 radical (unpaired) electrons. The molecule has 2 aromatic heterocycles. The fraction of sp³-hybridized carbons (Fsp3) is 0.571. The van der Waals surface area contributed by atoms with E-state index in [1.165, 1.54) is 92.5 Å². The van der Waals surface area contributed by atoms with Gasteiger partial charge in [0.2, 0.25) is 0 Å². The van der Waals surface area contributed by atoms with Gasteiger partial charge < -0.3 is 45.2 Å². The molecule has 4 saturated carbocycles. The molecule has 12 atom stereocenters. The van der Waals surface area contributed by atoms with Crippen LogP contribution in [0, 0.1) is 69.7 Å². The van der Waals surface area contributed by atoms with E-state index in [0.717, 1.165) is 67.1 Å². The van der Waals surface area contributed by atoms with Crippen LogP contribution in [0.15, 0.2) is 66.7 Å². The summed E-state index contributed by atoms with van der Waals surface area (Å²) in [7, 11) is 0. The van der Waals surface area contributed by atoms with Crippen molar-refractivity contribution in [2.24, 2.45) is 51.6 Å². The van der Waals surface area contributed by atoms with Gasteiger partial charge in [0.1, 0.15) is 23.7 Å². The van der Waals surface area contributed by atoms with Crippen LogP contribution in [0.1, 0.15) is 186 Å². The first-order valence-electron chi connectivity index (χ1n) is 28.6. The number of aromatic nitrogens is 2. The van der Waals surface area contributed by atoms with Crippen LogP contribution >= 0.6 is 0 Å². The Bertz CT molecular complexity index is 3100. The normalized spacial score (nSPS) is 33.6. The van der Waals surface area contributed by atoms with Crippen LogP contribution in [0.25, 0.3) is 10.9 Å². The highest BCUT2D eigenvalue weighted by Gasteiger charge is 2.66. The van der Waals surface area contributed by atoms with E-state index in [0.29, 0.717) is 41.4 Å². The van der Waals surface area contributed by atoms with Crippen LogP contribution in [-0.4, -0.2) is 54.5 Å². The minimum absolute atomic E-state index is 0.00930. The third-order valence-corrected chi connectivity index (χ3v) is 21.4. The van der Waals surface area contributed by atoms with E-state index in [1.807, 2.05) is 6.08 Å². The van der Waals surface area contributed by atoms with Crippen molar-refractivity contribution < 1.29 is 34.7 Å². The van der Waals surface area contributed by atoms with Crippen LogP contribution in [0.2, 0.25) is 0 Å². The molecular formula is C63H72N4O7. The second kappa shape index (κ2) is 17.9. The van der Waals surface area contributed by atoms with Gasteiger partial charge in [-0.3, -0.25) is 10.1 Å². The third kappa shape index (κ3) is 7.16. The molecule has 0 amide bonds. The number of nitrogens with one attached hydrogen (secondary N) is 2. The number of Topliss-reactive ketones (excluding diaryl/α,β-unsaturated/α-hetero) is 1. The average molecular weight is 997 g/mol. The third-order valence-electron chi connectivity index (χ3n) is 21.4. The van der Waals surface area contributed by atoms with Gasteiger partial charge in [0.05, 0.1) is 35.2 Å². The topological polar surface area (TPSA) is 175 Å². The average Bonchev–Trinajstić information content (AvgIpc) is 4.32. The van der Waals surface area contributed by atoms with E-state index in [9.17, 15) is 25.2 Å². The van der Waals surface area contributed by atoms with Crippen molar-refractivity contribution in [3.63, 3.8) is 0 Å². The van der Waals surface area contributed by atoms with Gasteiger partial charge in [-0.05, 0) is 138 Å². The Hall–Kier alpha value is -5.27. The van der Waals surface area contributed by atoms with Gasteiger partial charge in [-0.1, -0.05) is 99.5 Å². The number of H-pyrrole nitrogens is 1. The molecule has 2 aromatic carbocycles. The predicted molar refractivity (Wildman–Crippen MR) is 282 cm³/mol. The molecule has 0 unspecified atom stereocenters. The van der Waals surface area contributed by atoms with Crippen LogP contribution in [0.4, 0.5) is 0 Å². The summed E-state index contributed by atoms with van der Waals surface area (Å²) in [5.41, 5.74) is 15.1. The fourth-order valence-electron chi connectivity index (χ4n) is 18.0. The Labute approximate surface area is 434 Å². The van der Waals surface area contributed by atoms with E-state index in [1.54, 1.807) is 6.07 Å². The number of aliphatic hydroxyl groups excluding tert-OH is 3. The van der Waals surface area contributed by atoms with Gasteiger partial charge in [-0.2, -0.15) is 0 Å². The Morgan fingerprint density at radius 1 is 0.892 bits per heavy atom. The van der Waals surface area contributed by atoms with Gasteiger partial charge in [-0.15, -0.1) is 0 Å². The molecule has 3 spiro atoms. The Balaban J connectivity index is 0.823. The molecule has 4 aromatic rings. The number of ether oxygens (including phenoxy) is 2. The van der Waals surface area contributed by atoms with Crippen LogP contribution in [0.3, 0.4) is 0 Å². The lowest BCUT2D eigenvalue weighted by atomic mass is 9.43. The minimum Gasteiger partial charge on any atom is -0.508 e. The van der Waals surface area contributed by atoms with Crippen molar-refractivity contribution in [2.45, 2.75) is 171 Å². The number of benzene rings is 2. The van der Waals surface area contributed by atoms with Crippen LogP contribution in [0.5, 0.6) is 17.2 Å². The zero-order valence-electron chi connectivity index (χ0n) is 42.6. The van der Waals surface area contributed by atoms with Crippen LogP contribution < -0.4 is 20.5 Å². The summed E-state index contributed by atoms with van der Waals surface area (Å²) in [5, 5.41) is 52.1. The molecule has 10 aliphatic rings. The van der Waals surface area contributed by atoms with Crippen molar-refractivity contribution >= 4 is 16.7 Å². The number of aromatic amines is 1. The van der Waals surface area contributed by atoms with Crippen molar-refractivity contribution in [1.82, 2.24) is 14.9 Å². The summed E-state index contributed by atoms with van der Waals surface area (Å²) in [4.78, 5) is 17.5. The number of nitrogens with zero attached hydrogens (tertiary/aromatic N) is 1. The quantitative estimate of drug-likeness (QED) is 0.0928. The van der Waals surface area contributed by atoms with Crippen molar-refractivity contribution in [3.8, 4) is 41.1 Å². The molecule has 4 fully saturated rings. The number of aromatic hydroxyl groups is 1. The number of hydrogen-bond acceptors (Lipinski definition) is 9. The molecule has 74 heavy (non-hydrogen) atoms. The summed E-state index contributed by atoms with van der Waals surface area (Å²) in [6, 6.07) is 7.60. The second-order valence-electron chi connectivity index (χ2n) is 24.7. The molecule has 386 valence electrons. The maximum absolute atomic E-state index is 13.7. The molecule has 2 bridgehead atoms. The van der Waals surface area contributed by atoms with Crippen molar-refractivity contribution in [2.75, 3.05) is 6.54 Å². The fourth-order valence-corrected chi connectivity index (χ4v) is 18.0. The highest BCUT2D eigenvalue weighted by atomic mass is 16.5. The van der Waals surface area contributed by atoms with Crippen molar-refractivity contribution in [1.29, 1.82) is 0 Å². The molecule has 3 aliphatic heterocycles. The lowest BCUT2D eigenvalue weighted by Crippen LogP contribution is -2.56. The number of aliphatic hydroxyl groups is 3. The number of carbonyl (C=O) groups is 1. The molecule has 11 nitrogen and oxygen atoms in total. The highest BCUT2D eigenvalue weighted by Crippen LogP contribution is 2.75. The summed E-state index contributed by atoms with van der Waals surface area (Å²) in [6.45, 7) is 0.841. The molecule has 11 heteroatoms. The Morgan fingerprint density at radius 2 is 1.66 bits per heavy atom. The predicted octanol–water partition coefficient (Wildman–Crippen LogP) is 10.3. The summed E-state index contributed by atoms with van der Waals surface area (Å²) in [5.74, 6) is 11.9. The highest BCUT2D eigenvalue weighted by molar-refractivity contribution is 5.85. The summed E-state index contributed by atoms with van der Waals surface area (Å²) in [6.07, 6.45) is 31.2. The smallest absolute Gasteiger partial charge is 0.191 e. The molecule has 8 N–H and O–H groups in total. The lowest BCUT2D eigenvalue weighted by Gasteiger charge is -2.62. The van der Waals surface area contributed by atoms with Crippen LogP contribution in [-0.2, 0) is 11.2 Å². The number of carbonyl (C=O) groups excluding carboxylic acids is 1. The number of rotatable bonds is 6. The van der Waals surface area contributed by atoms with E-state index >= 15 is 0 Å². The number of allylic oxidation sites excluding steroid dienone is 3. The first-order valence-corrected chi connectivity index (χ1v) is 28.6. The first-order chi connectivity index (χ1) is 36.0. The number of ketones is 1. The van der Waals surface area contributed by atoms with E-state index < -0.39 is 41.8 Å². The standard InChI is InChI=1S/C63H72N4O7/c64-59-42-16-15-41-50(69)18-17-47-60(67-34-46-45(32-65-49(46)35-67)58-57(41)56(42)48(33-66-59)62(21-5-6-22-62)63(58)23-7-8-24-63)74-55-28-38(51(70)31-54(55)73-26-25-61(47)19-3-4-20-61)13-14-39(68)29-52(71)44-27-37-12-11-36-9-1-2-10-40(36)43(37)30-53(44)72/h11-12,15-16,27-28,31-32,34-36,40,43-44,47-48,50,52-53,58-60,65-66,69-72H,1-10,13-14,19-24,29-30,33,64H2/t36-,40+,43-,44-,47+,48-,50-,52+,53+,58+,59+,60+/m1/s1. The molecule has 5 heterocycles. The Morgan fingerprint density at radius 3 is 2.49 bits per heavy atom. The van der Waals surface area contributed by atoms with Gasteiger partial charge in [0, 0.05) is 67.2 Å². The number of phenolic OH excluding ortho intramolecular Hbond substituents is 1. The van der Waals surface area contributed by atoms with Gasteiger partial charge in [0.15, 0.2) is 17.7 Å². The van der Waals surface area contributed by atoms with E-state index in [-0.39, 0.29) is 59.5 Å². The zero-order valence-corrected chi connectivity index (χ0v) is 42.6. The maximum atomic E-state index is 13.7. The number of fused-ring (bicyclic) bond motifs is 12. The molecule has 14 rings (SSSR count). The number of hydrogen-bond donors (Lipinski definition) is 7. The maximum Gasteiger partial charge on any atom is 0.191 e. The first kappa shape index (κ1) is 47.2. The SMILES string of the molecule is N[C@H]1NC[C@@H]2c3c1ccc1c3[C@H](c3c[nH]c4cn(cc34)[C@H]3Oc4cc(CCC(=O)C[C@H](O)[C@H]5C=C6C=C[C@H]7CCCC[C@@H]7[C@@H]6C[C@@H]5O)c(O)cc4OC#CC4(CCCC4)[C@H]3C#C[C@H]1O)C1(CCCC1)C21CCCC1. The number of phenols is 1. The molecule has 7 aliphatic carbocycles. The molecule has 0 saturated heterocycles. The van der Waals surface area contributed by atoms with Gasteiger partial charge in [-0.25, -0.2) is 0 Å². The van der Waals surface area contributed by atoms with Gasteiger partial charge in [0.25, 0.3) is 0 Å². The zero-order chi connectivity index (χ0) is 50.1. The number of nitrogens with two attached hydrogens (primary N) is 1. The molecular weight excluding hydrogens is 925 g/mol. The number of aryl methyl sites for hydroxylation is 1. The minimum atomic E-state index is -1.07. The Kier molecular flexibility index (Phi) is 11.4. The largest absolute Gasteiger partial charge is 0.508 e. The van der Waals surface area contributed by atoms with E-state index in [2.05, 4.69) is 81.6 Å². The lowest BCUT2D eigenvalue weighted by molar-refractivity contribution is -0.122.